The lowest BCUT2D eigenvalue weighted by atomic mass is 9.48. The standard InChI is InChI=1S/C20H27BrO3/c1-22-4-5-23-13-24-19-3-2-17(9-18(19)21)20-10-14-6-15(11-20)8-16(7-14)12-20/h2-3,9,14-16H,4-8,10-13H2,1H3. The van der Waals surface area contributed by atoms with Gasteiger partial charge in [0.05, 0.1) is 17.7 Å². The zero-order valence-corrected chi connectivity index (χ0v) is 16.0. The maximum atomic E-state index is 5.73. The van der Waals surface area contributed by atoms with Crippen molar-refractivity contribution in [3.05, 3.63) is 28.2 Å². The fourth-order valence-corrected chi connectivity index (χ4v) is 6.21. The van der Waals surface area contributed by atoms with Crippen LogP contribution in [0.5, 0.6) is 5.75 Å². The largest absolute Gasteiger partial charge is 0.466 e. The van der Waals surface area contributed by atoms with Gasteiger partial charge in [-0.1, -0.05) is 6.07 Å². The van der Waals surface area contributed by atoms with Crippen molar-refractivity contribution in [2.45, 2.75) is 43.9 Å². The first kappa shape index (κ1) is 16.9. The molecular formula is C20H27BrO3. The highest BCUT2D eigenvalue weighted by Crippen LogP contribution is 2.61. The van der Waals surface area contributed by atoms with E-state index in [1.807, 2.05) is 0 Å². The summed E-state index contributed by atoms with van der Waals surface area (Å²) in [4.78, 5) is 0. The maximum Gasteiger partial charge on any atom is 0.189 e. The van der Waals surface area contributed by atoms with Crippen LogP contribution < -0.4 is 4.74 Å². The molecule has 4 aliphatic carbocycles. The van der Waals surface area contributed by atoms with Gasteiger partial charge in [-0.2, -0.15) is 0 Å². The van der Waals surface area contributed by atoms with E-state index in [1.165, 1.54) is 44.1 Å². The molecule has 1 aromatic carbocycles. The molecule has 0 aliphatic heterocycles. The lowest BCUT2D eigenvalue weighted by molar-refractivity contribution is -0.00938. The molecule has 4 fully saturated rings. The first-order chi connectivity index (χ1) is 11.7. The Kier molecular flexibility index (Phi) is 4.90. The van der Waals surface area contributed by atoms with Crippen LogP contribution in [-0.4, -0.2) is 27.1 Å². The molecule has 3 nitrogen and oxygen atoms in total. The van der Waals surface area contributed by atoms with E-state index < -0.39 is 0 Å². The molecule has 0 heterocycles. The van der Waals surface area contributed by atoms with Gasteiger partial charge in [0.2, 0.25) is 0 Å². The molecule has 0 aromatic heterocycles. The molecule has 4 aliphatic rings. The van der Waals surface area contributed by atoms with Gasteiger partial charge in [0, 0.05) is 7.11 Å². The van der Waals surface area contributed by atoms with Crippen molar-refractivity contribution in [1.82, 2.24) is 0 Å². The van der Waals surface area contributed by atoms with E-state index in [4.69, 9.17) is 14.2 Å². The van der Waals surface area contributed by atoms with Crippen LogP contribution in [0.3, 0.4) is 0 Å². The molecule has 0 spiro atoms. The Bertz CT molecular complexity index is 551. The zero-order valence-electron chi connectivity index (χ0n) is 14.4. The number of benzene rings is 1. The Balaban J connectivity index is 1.44. The Labute approximate surface area is 153 Å². The SMILES string of the molecule is COCCOCOc1ccc(C23CC4CC(CC(C4)C2)C3)cc1Br. The van der Waals surface area contributed by atoms with Crippen molar-refractivity contribution in [3.8, 4) is 5.75 Å². The number of hydrogen-bond acceptors (Lipinski definition) is 3. The molecule has 0 unspecified atom stereocenters. The van der Waals surface area contributed by atoms with Gasteiger partial charge in [-0.25, -0.2) is 0 Å². The minimum atomic E-state index is 0.263. The summed E-state index contributed by atoms with van der Waals surface area (Å²) in [5, 5.41) is 0. The smallest absolute Gasteiger partial charge is 0.189 e. The molecule has 0 saturated heterocycles. The molecule has 0 radical (unpaired) electrons. The van der Waals surface area contributed by atoms with E-state index in [0.717, 1.165) is 28.0 Å². The predicted molar refractivity (Wildman–Crippen MR) is 97.3 cm³/mol. The van der Waals surface area contributed by atoms with Crippen molar-refractivity contribution in [1.29, 1.82) is 0 Å². The summed E-state index contributed by atoms with van der Waals surface area (Å²) in [6.45, 7) is 1.41. The van der Waals surface area contributed by atoms with Crippen LogP contribution >= 0.6 is 15.9 Å². The van der Waals surface area contributed by atoms with Crippen LogP contribution in [0.2, 0.25) is 0 Å². The maximum absolute atomic E-state index is 5.73. The molecule has 0 atom stereocenters. The third-order valence-electron chi connectivity index (χ3n) is 6.31. The normalized spacial score (nSPS) is 33.8. The third-order valence-corrected chi connectivity index (χ3v) is 6.93. The minimum absolute atomic E-state index is 0.263. The van der Waals surface area contributed by atoms with Gasteiger partial charge in [0.25, 0.3) is 0 Å². The molecule has 5 rings (SSSR count). The Morgan fingerprint density at radius 2 is 1.71 bits per heavy atom. The summed E-state index contributed by atoms with van der Waals surface area (Å²) in [6.07, 6.45) is 8.64. The lowest BCUT2D eigenvalue weighted by Gasteiger charge is -2.57. The Morgan fingerprint density at radius 3 is 2.29 bits per heavy atom. The molecule has 132 valence electrons. The van der Waals surface area contributed by atoms with Crippen molar-refractivity contribution in [2.75, 3.05) is 27.1 Å². The molecule has 4 heteroatoms. The number of halogens is 1. The van der Waals surface area contributed by atoms with Crippen molar-refractivity contribution >= 4 is 15.9 Å². The summed E-state index contributed by atoms with van der Waals surface area (Å²) in [5.74, 6) is 3.78. The molecule has 4 bridgehead atoms. The van der Waals surface area contributed by atoms with Gasteiger partial charge in [-0.15, -0.1) is 0 Å². The average molecular weight is 395 g/mol. The Hall–Kier alpha value is -0.580. The number of methoxy groups -OCH3 is 1. The summed E-state index contributed by atoms with van der Waals surface area (Å²) >= 11 is 3.70. The molecule has 4 saturated carbocycles. The number of rotatable bonds is 7. The first-order valence-electron chi connectivity index (χ1n) is 9.18. The van der Waals surface area contributed by atoms with Gasteiger partial charge in [-0.05, 0) is 95.3 Å². The van der Waals surface area contributed by atoms with Crippen LogP contribution in [0.15, 0.2) is 22.7 Å². The summed E-state index contributed by atoms with van der Waals surface area (Å²) in [7, 11) is 1.67. The topological polar surface area (TPSA) is 27.7 Å². The highest BCUT2D eigenvalue weighted by atomic mass is 79.9. The van der Waals surface area contributed by atoms with E-state index in [1.54, 1.807) is 7.11 Å². The van der Waals surface area contributed by atoms with Crippen molar-refractivity contribution < 1.29 is 14.2 Å². The lowest BCUT2D eigenvalue weighted by Crippen LogP contribution is -2.48. The Morgan fingerprint density at radius 1 is 1.04 bits per heavy atom. The summed E-state index contributed by atoms with van der Waals surface area (Å²) in [5.41, 5.74) is 1.95. The first-order valence-corrected chi connectivity index (χ1v) is 9.97. The second-order valence-electron chi connectivity index (χ2n) is 8.01. The fourth-order valence-electron chi connectivity index (χ4n) is 5.72. The summed E-state index contributed by atoms with van der Waals surface area (Å²) < 4.78 is 17.1. The van der Waals surface area contributed by atoms with Gasteiger partial charge < -0.3 is 14.2 Å². The molecule has 0 N–H and O–H groups in total. The average Bonchev–Trinajstić information content (AvgIpc) is 2.54. The van der Waals surface area contributed by atoms with E-state index >= 15 is 0 Å². The van der Waals surface area contributed by atoms with Crippen molar-refractivity contribution in [2.24, 2.45) is 17.8 Å². The number of hydrogen-bond donors (Lipinski definition) is 0. The monoisotopic (exact) mass is 394 g/mol. The van der Waals surface area contributed by atoms with Crippen LogP contribution in [0.25, 0.3) is 0 Å². The minimum Gasteiger partial charge on any atom is -0.466 e. The molecule has 1 aromatic rings. The second-order valence-corrected chi connectivity index (χ2v) is 8.86. The third kappa shape index (κ3) is 3.25. The predicted octanol–water partition coefficient (Wildman–Crippen LogP) is 4.92. The molecular weight excluding hydrogens is 368 g/mol. The van der Waals surface area contributed by atoms with Gasteiger partial charge in [0.1, 0.15) is 5.75 Å². The van der Waals surface area contributed by atoms with Crippen LogP contribution in [0.4, 0.5) is 0 Å². The van der Waals surface area contributed by atoms with E-state index in [-0.39, 0.29) is 6.79 Å². The molecule has 0 amide bonds. The van der Waals surface area contributed by atoms with Gasteiger partial charge in [0.15, 0.2) is 6.79 Å². The zero-order chi connectivity index (χ0) is 16.6. The van der Waals surface area contributed by atoms with Gasteiger partial charge >= 0.3 is 0 Å². The molecule has 24 heavy (non-hydrogen) atoms. The van der Waals surface area contributed by atoms with Crippen LogP contribution in [-0.2, 0) is 14.9 Å². The second kappa shape index (κ2) is 6.97. The van der Waals surface area contributed by atoms with Crippen LogP contribution in [0.1, 0.15) is 44.1 Å². The van der Waals surface area contributed by atoms with E-state index in [0.29, 0.717) is 18.6 Å². The quantitative estimate of drug-likeness (QED) is 0.485. The summed E-state index contributed by atoms with van der Waals surface area (Å²) in [6, 6.07) is 6.71. The van der Waals surface area contributed by atoms with Crippen molar-refractivity contribution in [3.63, 3.8) is 0 Å². The van der Waals surface area contributed by atoms with Gasteiger partial charge in [-0.3, -0.25) is 0 Å². The van der Waals surface area contributed by atoms with E-state index in [2.05, 4.69) is 34.1 Å². The number of ether oxygens (including phenoxy) is 3. The fraction of sp³-hybridized carbons (Fsp3) is 0.700. The highest BCUT2D eigenvalue weighted by Gasteiger charge is 2.51. The van der Waals surface area contributed by atoms with E-state index in [9.17, 15) is 0 Å². The van der Waals surface area contributed by atoms with Crippen LogP contribution in [0, 0.1) is 17.8 Å². The highest BCUT2D eigenvalue weighted by molar-refractivity contribution is 9.10.